The SMILES string of the molecule is COc1ccc(CC(C)(C)F)cc1C(CO)(c1nccs1)N(C)C. The molecule has 1 unspecified atom stereocenters. The van der Waals surface area contributed by atoms with Crippen LogP contribution in [0.15, 0.2) is 29.8 Å². The molecule has 1 aromatic heterocycles. The third-order valence-corrected chi connectivity index (χ3v) is 5.04. The second-order valence-electron chi connectivity index (χ2n) is 6.68. The molecule has 1 aromatic carbocycles. The topological polar surface area (TPSA) is 45.6 Å². The number of rotatable bonds is 7. The van der Waals surface area contributed by atoms with Crippen molar-refractivity contribution in [1.29, 1.82) is 0 Å². The lowest BCUT2D eigenvalue weighted by Crippen LogP contribution is -2.46. The van der Waals surface area contributed by atoms with Gasteiger partial charge in [-0.25, -0.2) is 9.37 Å². The third kappa shape index (κ3) is 3.61. The Labute approximate surface area is 146 Å². The van der Waals surface area contributed by atoms with E-state index in [4.69, 9.17) is 4.74 Å². The van der Waals surface area contributed by atoms with Gasteiger partial charge in [0.05, 0.1) is 13.7 Å². The summed E-state index contributed by atoms with van der Waals surface area (Å²) in [7, 11) is 5.38. The average molecular weight is 352 g/mol. The Kier molecular flexibility index (Phi) is 5.63. The molecule has 0 aliphatic rings. The van der Waals surface area contributed by atoms with Crippen LogP contribution >= 0.6 is 11.3 Å². The first-order chi connectivity index (χ1) is 11.2. The maximum Gasteiger partial charge on any atom is 0.125 e. The van der Waals surface area contributed by atoms with Gasteiger partial charge in [-0.15, -0.1) is 11.3 Å². The molecule has 2 rings (SSSR count). The van der Waals surface area contributed by atoms with E-state index in [0.717, 1.165) is 16.1 Å². The molecule has 0 fully saturated rings. The summed E-state index contributed by atoms with van der Waals surface area (Å²) in [5.74, 6) is 0.647. The van der Waals surface area contributed by atoms with Crippen molar-refractivity contribution in [3.8, 4) is 5.75 Å². The molecule has 1 N–H and O–H groups in total. The van der Waals surface area contributed by atoms with E-state index in [1.165, 1.54) is 11.3 Å². The lowest BCUT2D eigenvalue weighted by molar-refractivity contribution is 0.0981. The molecule has 0 spiro atoms. The molecule has 2 aromatic rings. The molecule has 24 heavy (non-hydrogen) atoms. The normalized spacial score (nSPS) is 14.7. The summed E-state index contributed by atoms with van der Waals surface area (Å²) < 4.78 is 19.6. The second-order valence-corrected chi connectivity index (χ2v) is 7.57. The first-order valence-electron chi connectivity index (χ1n) is 7.79. The quantitative estimate of drug-likeness (QED) is 0.831. The first kappa shape index (κ1) is 18.8. The number of benzene rings is 1. The van der Waals surface area contributed by atoms with Crippen LogP contribution in [0.25, 0.3) is 0 Å². The summed E-state index contributed by atoms with van der Waals surface area (Å²) in [5, 5.41) is 13.0. The highest BCUT2D eigenvalue weighted by Gasteiger charge is 2.41. The van der Waals surface area contributed by atoms with Gasteiger partial charge in [0.2, 0.25) is 0 Å². The van der Waals surface area contributed by atoms with Crippen LogP contribution in [0, 0.1) is 0 Å². The zero-order valence-electron chi connectivity index (χ0n) is 14.8. The van der Waals surface area contributed by atoms with Crippen LogP contribution in [0.1, 0.15) is 30.0 Å². The Morgan fingerprint density at radius 1 is 1.33 bits per heavy atom. The van der Waals surface area contributed by atoms with Crippen LogP contribution in [0.2, 0.25) is 0 Å². The summed E-state index contributed by atoms with van der Waals surface area (Å²) in [6, 6.07) is 5.61. The van der Waals surface area contributed by atoms with E-state index in [9.17, 15) is 9.50 Å². The minimum Gasteiger partial charge on any atom is -0.496 e. The molecule has 6 heteroatoms. The number of hydrogen-bond acceptors (Lipinski definition) is 5. The first-order valence-corrected chi connectivity index (χ1v) is 8.67. The molecule has 132 valence electrons. The van der Waals surface area contributed by atoms with Crippen LogP contribution in [-0.4, -0.2) is 48.5 Å². The Morgan fingerprint density at radius 2 is 2.04 bits per heavy atom. The Balaban J connectivity index is 2.66. The van der Waals surface area contributed by atoms with Crippen LogP contribution in [0.5, 0.6) is 5.75 Å². The minimum atomic E-state index is -1.31. The summed E-state index contributed by atoms with van der Waals surface area (Å²) in [6.07, 6.45) is 2.01. The molecule has 0 radical (unpaired) electrons. The van der Waals surface area contributed by atoms with E-state index < -0.39 is 11.2 Å². The number of nitrogens with zero attached hydrogens (tertiary/aromatic N) is 2. The monoisotopic (exact) mass is 352 g/mol. The van der Waals surface area contributed by atoms with E-state index in [-0.39, 0.29) is 13.0 Å². The Bertz CT molecular complexity index is 668. The number of thiazole rings is 1. The number of ether oxygens (including phenoxy) is 1. The Morgan fingerprint density at radius 3 is 2.50 bits per heavy atom. The van der Waals surface area contributed by atoms with Gasteiger partial charge in [0.25, 0.3) is 0 Å². The molecule has 1 atom stereocenters. The number of hydrogen-bond donors (Lipinski definition) is 1. The van der Waals surface area contributed by atoms with Gasteiger partial charge in [0, 0.05) is 23.6 Å². The molecule has 0 aliphatic heterocycles. The predicted octanol–water partition coefficient (Wildman–Crippen LogP) is 3.24. The van der Waals surface area contributed by atoms with E-state index in [2.05, 4.69) is 4.98 Å². The number of aliphatic hydroxyl groups excluding tert-OH is 1. The van der Waals surface area contributed by atoms with E-state index in [0.29, 0.717) is 5.75 Å². The minimum absolute atomic E-state index is 0.160. The number of methoxy groups -OCH3 is 1. The average Bonchev–Trinajstić information content (AvgIpc) is 3.01. The van der Waals surface area contributed by atoms with Crippen LogP contribution < -0.4 is 4.74 Å². The predicted molar refractivity (Wildman–Crippen MR) is 95.6 cm³/mol. The summed E-state index contributed by atoms with van der Waals surface area (Å²) in [4.78, 5) is 6.35. The van der Waals surface area contributed by atoms with Crippen molar-refractivity contribution in [3.05, 3.63) is 45.9 Å². The van der Waals surface area contributed by atoms with Crippen LogP contribution in [0.3, 0.4) is 0 Å². The molecule has 0 aliphatic carbocycles. The molecule has 0 saturated heterocycles. The van der Waals surface area contributed by atoms with E-state index in [1.54, 1.807) is 27.2 Å². The van der Waals surface area contributed by atoms with Gasteiger partial charge in [-0.3, -0.25) is 4.90 Å². The highest BCUT2D eigenvalue weighted by Crippen LogP contribution is 2.41. The Hall–Kier alpha value is -1.50. The summed E-state index contributed by atoms with van der Waals surface area (Å²) in [5.41, 5.74) is -0.507. The number of aromatic nitrogens is 1. The molecular formula is C18H25FN2O2S. The van der Waals surface area contributed by atoms with Crippen LogP contribution in [0.4, 0.5) is 4.39 Å². The number of halogens is 1. The maximum atomic E-state index is 14.1. The summed E-state index contributed by atoms with van der Waals surface area (Å²) >= 11 is 1.47. The van der Waals surface area contributed by atoms with Gasteiger partial charge in [-0.1, -0.05) is 6.07 Å². The maximum absolute atomic E-state index is 14.1. The van der Waals surface area contributed by atoms with Crippen molar-refractivity contribution < 1.29 is 14.2 Å². The van der Waals surface area contributed by atoms with Crippen molar-refractivity contribution >= 4 is 11.3 Å². The summed E-state index contributed by atoms with van der Waals surface area (Å²) in [6.45, 7) is 2.96. The van der Waals surface area contributed by atoms with Crippen molar-refractivity contribution in [3.63, 3.8) is 0 Å². The highest BCUT2D eigenvalue weighted by molar-refractivity contribution is 7.09. The van der Waals surface area contributed by atoms with Crippen molar-refractivity contribution in [2.24, 2.45) is 0 Å². The van der Waals surface area contributed by atoms with Gasteiger partial charge in [-0.05, 0) is 45.6 Å². The fraction of sp³-hybridized carbons (Fsp3) is 0.500. The molecule has 0 saturated carbocycles. The molecule has 1 heterocycles. The largest absolute Gasteiger partial charge is 0.496 e. The smallest absolute Gasteiger partial charge is 0.125 e. The van der Waals surface area contributed by atoms with Gasteiger partial charge in [0.15, 0.2) is 0 Å². The van der Waals surface area contributed by atoms with Gasteiger partial charge >= 0.3 is 0 Å². The number of alkyl halides is 1. The lowest BCUT2D eigenvalue weighted by Gasteiger charge is -2.38. The zero-order valence-corrected chi connectivity index (χ0v) is 15.7. The molecular weight excluding hydrogens is 327 g/mol. The highest BCUT2D eigenvalue weighted by atomic mass is 32.1. The molecule has 0 amide bonds. The van der Waals surface area contributed by atoms with Gasteiger partial charge in [0.1, 0.15) is 22.0 Å². The standard InChI is InChI=1S/C18H25FN2O2S/c1-17(2,19)11-13-6-7-15(23-5)14(10-13)18(12-22,21(3)4)16-20-8-9-24-16/h6-10,22H,11-12H2,1-5H3. The van der Waals surface area contributed by atoms with Crippen molar-refractivity contribution in [2.45, 2.75) is 31.5 Å². The van der Waals surface area contributed by atoms with Crippen LogP contribution in [-0.2, 0) is 12.0 Å². The van der Waals surface area contributed by atoms with Gasteiger partial charge < -0.3 is 9.84 Å². The van der Waals surface area contributed by atoms with Gasteiger partial charge in [-0.2, -0.15) is 0 Å². The van der Waals surface area contributed by atoms with E-state index in [1.807, 2.05) is 42.6 Å². The molecule has 4 nitrogen and oxygen atoms in total. The zero-order chi connectivity index (χ0) is 18.0. The fourth-order valence-electron chi connectivity index (χ4n) is 2.94. The lowest BCUT2D eigenvalue weighted by atomic mass is 9.86. The second kappa shape index (κ2) is 7.17. The number of aliphatic hydroxyl groups is 1. The fourth-order valence-corrected chi connectivity index (χ4v) is 3.87. The molecule has 0 bridgehead atoms. The van der Waals surface area contributed by atoms with Crippen molar-refractivity contribution in [2.75, 3.05) is 27.8 Å². The van der Waals surface area contributed by atoms with E-state index >= 15 is 0 Å². The third-order valence-electron chi connectivity index (χ3n) is 4.11. The number of likely N-dealkylation sites (N-methyl/N-ethyl adjacent to an activating group) is 1. The van der Waals surface area contributed by atoms with Crippen molar-refractivity contribution in [1.82, 2.24) is 9.88 Å².